The van der Waals surface area contributed by atoms with E-state index in [0.29, 0.717) is 17.2 Å². The first-order valence-electron chi connectivity index (χ1n) is 9.00. The van der Waals surface area contributed by atoms with Crippen LogP contribution in [0.3, 0.4) is 0 Å². The Balaban J connectivity index is 1.75. The van der Waals surface area contributed by atoms with Gasteiger partial charge in [-0.3, -0.25) is 14.4 Å². The zero-order chi connectivity index (χ0) is 20.3. The van der Waals surface area contributed by atoms with Crippen LogP contribution in [0.5, 0.6) is 0 Å². The number of anilines is 1. The van der Waals surface area contributed by atoms with E-state index in [1.807, 2.05) is 6.92 Å². The SMILES string of the molecule is CC1CC1C(=O)Nc1cccc(C(=O)N(CC(=O)O)Cc2ccc(F)cc2)c1. The zero-order valence-electron chi connectivity index (χ0n) is 15.4. The summed E-state index contributed by atoms with van der Waals surface area (Å²) in [7, 11) is 0. The van der Waals surface area contributed by atoms with Crippen molar-refractivity contribution in [2.75, 3.05) is 11.9 Å². The summed E-state index contributed by atoms with van der Waals surface area (Å²) in [5, 5.41) is 12.0. The molecule has 0 spiro atoms. The molecule has 2 amide bonds. The van der Waals surface area contributed by atoms with Gasteiger partial charge in [-0.1, -0.05) is 25.1 Å². The third-order valence-corrected chi connectivity index (χ3v) is 4.72. The van der Waals surface area contributed by atoms with Gasteiger partial charge in [0.05, 0.1) is 0 Å². The summed E-state index contributed by atoms with van der Waals surface area (Å²) in [4.78, 5) is 37.3. The molecule has 28 heavy (non-hydrogen) atoms. The fourth-order valence-electron chi connectivity index (χ4n) is 3.01. The first-order chi connectivity index (χ1) is 13.3. The lowest BCUT2D eigenvalue weighted by Gasteiger charge is -2.21. The molecule has 2 aromatic rings. The number of aliphatic carboxylic acids is 1. The number of carboxylic acids is 1. The largest absolute Gasteiger partial charge is 0.480 e. The number of benzene rings is 2. The Morgan fingerprint density at radius 1 is 1.18 bits per heavy atom. The molecule has 7 heteroatoms. The summed E-state index contributed by atoms with van der Waals surface area (Å²) >= 11 is 0. The molecule has 1 saturated carbocycles. The monoisotopic (exact) mass is 384 g/mol. The first kappa shape index (κ1) is 19.5. The van der Waals surface area contributed by atoms with E-state index in [2.05, 4.69) is 5.32 Å². The Hall–Kier alpha value is -3.22. The first-order valence-corrected chi connectivity index (χ1v) is 9.00. The van der Waals surface area contributed by atoms with Crippen LogP contribution >= 0.6 is 0 Å². The van der Waals surface area contributed by atoms with Crippen LogP contribution in [-0.4, -0.2) is 34.3 Å². The highest BCUT2D eigenvalue weighted by atomic mass is 19.1. The molecule has 2 aromatic carbocycles. The van der Waals surface area contributed by atoms with Crippen molar-refractivity contribution in [2.45, 2.75) is 19.9 Å². The van der Waals surface area contributed by atoms with E-state index >= 15 is 0 Å². The predicted octanol–water partition coefficient (Wildman–Crippen LogP) is 3.15. The van der Waals surface area contributed by atoms with Crippen molar-refractivity contribution >= 4 is 23.5 Å². The van der Waals surface area contributed by atoms with Crippen molar-refractivity contribution in [2.24, 2.45) is 11.8 Å². The van der Waals surface area contributed by atoms with Crippen molar-refractivity contribution in [1.82, 2.24) is 4.90 Å². The lowest BCUT2D eigenvalue weighted by atomic mass is 10.1. The minimum absolute atomic E-state index is 0.00124. The second-order valence-electron chi connectivity index (χ2n) is 7.07. The third-order valence-electron chi connectivity index (χ3n) is 4.72. The summed E-state index contributed by atoms with van der Waals surface area (Å²) in [5.74, 6) is -1.75. The van der Waals surface area contributed by atoms with E-state index in [1.165, 1.54) is 35.2 Å². The molecule has 1 aliphatic rings. The number of carboxylic acid groups (broad SMARTS) is 1. The second kappa shape index (κ2) is 8.21. The molecular weight excluding hydrogens is 363 g/mol. The van der Waals surface area contributed by atoms with E-state index in [9.17, 15) is 18.8 Å². The van der Waals surface area contributed by atoms with Gasteiger partial charge < -0.3 is 15.3 Å². The van der Waals surface area contributed by atoms with Gasteiger partial charge in [-0.25, -0.2) is 4.39 Å². The van der Waals surface area contributed by atoms with Crippen molar-refractivity contribution < 1.29 is 23.9 Å². The van der Waals surface area contributed by atoms with Gasteiger partial charge in [0, 0.05) is 23.7 Å². The molecule has 0 bridgehead atoms. The van der Waals surface area contributed by atoms with Crippen molar-refractivity contribution in [1.29, 1.82) is 0 Å². The molecular formula is C21H21FN2O4. The molecule has 0 radical (unpaired) electrons. The smallest absolute Gasteiger partial charge is 0.323 e. The van der Waals surface area contributed by atoms with Gasteiger partial charge in [-0.05, 0) is 48.2 Å². The maximum absolute atomic E-state index is 13.1. The number of hydrogen-bond donors (Lipinski definition) is 2. The van der Waals surface area contributed by atoms with Crippen LogP contribution in [0.4, 0.5) is 10.1 Å². The van der Waals surface area contributed by atoms with Crippen LogP contribution in [0.1, 0.15) is 29.3 Å². The third kappa shape index (κ3) is 4.94. The van der Waals surface area contributed by atoms with Gasteiger partial charge in [-0.2, -0.15) is 0 Å². The standard InChI is InChI=1S/C21H21FN2O4/c1-13-9-18(13)20(27)23-17-4-2-3-15(10-17)21(28)24(12-19(25)26)11-14-5-7-16(22)8-6-14/h2-8,10,13,18H,9,11-12H2,1H3,(H,23,27)(H,25,26). The minimum atomic E-state index is -1.15. The molecule has 1 aliphatic carbocycles. The summed E-state index contributed by atoms with van der Waals surface area (Å²) in [6.45, 7) is 1.54. The summed E-state index contributed by atoms with van der Waals surface area (Å²) in [6, 6.07) is 11.9. The van der Waals surface area contributed by atoms with Gasteiger partial charge >= 0.3 is 5.97 Å². The quantitative estimate of drug-likeness (QED) is 0.768. The van der Waals surface area contributed by atoms with Crippen LogP contribution in [0, 0.1) is 17.7 Å². The lowest BCUT2D eigenvalue weighted by Crippen LogP contribution is -2.35. The molecule has 6 nitrogen and oxygen atoms in total. The van der Waals surface area contributed by atoms with Gasteiger partial charge in [0.15, 0.2) is 0 Å². The number of carbonyl (C=O) groups excluding carboxylic acids is 2. The molecule has 3 rings (SSSR count). The van der Waals surface area contributed by atoms with Crippen LogP contribution in [0.15, 0.2) is 48.5 Å². The van der Waals surface area contributed by atoms with Crippen LogP contribution in [0.2, 0.25) is 0 Å². The van der Waals surface area contributed by atoms with Gasteiger partial charge in [-0.15, -0.1) is 0 Å². The Morgan fingerprint density at radius 2 is 1.86 bits per heavy atom. The zero-order valence-corrected chi connectivity index (χ0v) is 15.4. The number of amides is 2. The summed E-state index contributed by atoms with van der Waals surface area (Å²) in [5.41, 5.74) is 1.38. The van der Waals surface area contributed by atoms with Crippen LogP contribution in [0.25, 0.3) is 0 Å². The number of carbonyl (C=O) groups is 3. The molecule has 146 valence electrons. The average Bonchev–Trinajstić information content (AvgIpc) is 3.39. The van der Waals surface area contributed by atoms with E-state index in [1.54, 1.807) is 18.2 Å². The fraction of sp³-hybridized carbons (Fsp3) is 0.286. The topological polar surface area (TPSA) is 86.7 Å². The molecule has 1 fully saturated rings. The van der Waals surface area contributed by atoms with Crippen molar-refractivity contribution in [3.8, 4) is 0 Å². The van der Waals surface area contributed by atoms with E-state index < -0.39 is 24.2 Å². The second-order valence-corrected chi connectivity index (χ2v) is 7.07. The number of halogens is 1. The molecule has 2 atom stereocenters. The molecule has 0 aliphatic heterocycles. The maximum atomic E-state index is 13.1. The normalized spacial score (nSPS) is 17.6. The van der Waals surface area contributed by atoms with E-state index in [-0.39, 0.29) is 23.9 Å². The highest BCUT2D eigenvalue weighted by Gasteiger charge is 2.39. The number of nitrogens with zero attached hydrogens (tertiary/aromatic N) is 1. The minimum Gasteiger partial charge on any atom is -0.480 e. The molecule has 0 saturated heterocycles. The van der Waals surface area contributed by atoms with Gasteiger partial charge in [0.1, 0.15) is 12.4 Å². The lowest BCUT2D eigenvalue weighted by molar-refractivity contribution is -0.137. The summed E-state index contributed by atoms with van der Waals surface area (Å²) < 4.78 is 13.1. The number of rotatable bonds is 7. The summed E-state index contributed by atoms with van der Waals surface area (Å²) in [6.07, 6.45) is 0.856. The van der Waals surface area contributed by atoms with E-state index in [4.69, 9.17) is 5.11 Å². The number of hydrogen-bond acceptors (Lipinski definition) is 3. The molecule has 2 N–H and O–H groups in total. The van der Waals surface area contributed by atoms with Crippen LogP contribution in [-0.2, 0) is 16.1 Å². The van der Waals surface area contributed by atoms with Crippen molar-refractivity contribution in [3.63, 3.8) is 0 Å². The average molecular weight is 384 g/mol. The predicted molar refractivity (Wildman–Crippen MR) is 101 cm³/mol. The Bertz CT molecular complexity index is 898. The maximum Gasteiger partial charge on any atom is 0.323 e. The van der Waals surface area contributed by atoms with Crippen molar-refractivity contribution in [3.05, 3.63) is 65.5 Å². The fourth-order valence-corrected chi connectivity index (χ4v) is 3.01. The van der Waals surface area contributed by atoms with E-state index in [0.717, 1.165) is 6.42 Å². The van der Waals surface area contributed by atoms with Gasteiger partial charge in [0.25, 0.3) is 5.91 Å². The Morgan fingerprint density at radius 3 is 2.46 bits per heavy atom. The molecule has 0 heterocycles. The Kier molecular flexibility index (Phi) is 5.73. The highest BCUT2D eigenvalue weighted by molar-refractivity contribution is 5.99. The number of nitrogens with one attached hydrogen (secondary N) is 1. The molecule has 0 aromatic heterocycles. The Labute approximate surface area is 162 Å². The van der Waals surface area contributed by atoms with Gasteiger partial charge in [0.2, 0.25) is 5.91 Å². The van der Waals surface area contributed by atoms with Crippen LogP contribution < -0.4 is 5.32 Å². The molecule has 2 unspecified atom stereocenters. The highest BCUT2D eigenvalue weighted by Crippen LogP contribution is 2.38.